The number of halogens is 1. The molecule has 184 valence electrons. The Labute approximate surface area is 195 Å². The molecule has 1 fully saturated rings. The van der Waals surface area contributed by atoms with Crippen molar-refractivity contribution >= 4 is 15.9 Å². The molecule has 3 N–H and O–H groups in total. The quantitative estimate of drug-likeness (QED) is 0.521. The number of hydrogen-bond donors (Lipinski definition) is 3. The number of benzene rings is 1. The summed E-state index contributed by atoms with van der Waals surface area (Å²) in [6.07, 6.45) is 0. The number of rotatable bonds is 5. The maximum absolute atomic E-state index is 14.2. The fourth-order valence-corrected chi connectivity index (χ4v) is 5.52. The number of amides is 1. The van der Waals surface area contributed by atoms with Gasteiger partial charge in [0, 0.05) is 32.7 Å². The topological polar surface area (TPSA) is 143 Å². The number of aromatic hydroxyl groups is 1. The lowest BCUT2D eigenvalue weighted by Gasteiger charge is -2.32. The number of carbonyl (C=O) groups is 1. The summed E-state index contributed by atoms with van der Waals surface area (Å²) in [5.74, 6) is -2.25. The van der Waals surface area contributed by atoms with Gasteiger partial charge in [0.1, 0.15) is 17.2 Å². The zero-order chi connectivity index (χ0) is 24.7. The normalized spacial score (nSPS) is 18.3. The van der Waals surface area contributed by atoms with Gasteiger partial charge in [0.2, 0.25) is 15.8 Å². The van der Waals surface area contributed by atoms with Gasteiger partial charge in [0.15, 0.2) is 5.69 Å². The van der Waals surface area contributed by atoms with Crippen LogP contribution >= 0.6 is 0 Å². The van der Waals surface area contributed by atoms with Gasteiger partial charge in [-0.1, -0.05) is 0 Å². The minimum absolute atomic E-state index is 0.188. The molecule has 0 unspecified atom stereocenters. The number of nitrogens with one attached hydrogen (secondary N) is 2. The van der Waals surface area contributed by atoms with E-state index in [1.165, 1.54) is 14.9 Å². The molecular weight excluding hydrogens is 469 g/mol. The van der Waals surface area contributed by atoms with Crippen LogP contribution in [0.3, 0.4) is 0 Å². The molecule has 2 aliphatic heterocycles. The van der Waals surface area contributed by atoms with Crippen LogP contribution in [0.15, 0.2) is 27.9 Å². The van der Waals surface area contributed by atoms with E-state index in [1.807, 2.05) is 0 Å². The average molecular weight is 496 g/mol. The molecule has 1 aromatic carbocycles. The Kier molecular flexibility index (Phi) is 6.46. The number of carbonyl (C=O) groups excluding carboxylic acids is 1. The van der Waals surface area contributed by atoms with Crippen LogP contribution in [0, 0.1) is 5.82 Å². The van der Waals surface area contributed by atoms with E-state index in [1.54, 1.807) is 13.8 Å². The summed E-state index contributed by atoms with van der Waals surface area (Å²) < 4.78 is 48.2. The molecule has 0 saturated carbocycles. The standard InChI is InChI=1S/C21H26FN5O6S/c1-21(2)20-25-16(17(28)19(30)27(20)7-8-33-21)18(29)24-12-13-9-14(22)11-15(10-13)34(31,32)26-5-3-23-4-6-26/h9-11,23,28H,3-8,12H2,1-2H3,(H,24,29). The second-order valence-corrected chi connectivity index (χ2v) is 10.5. The monoisotopic (exact) mass is 495 g/mol. The predicted molar refractivity (Wildman–Crippen MR) is 118 cm³/mol. The van der Waals surface area contributed by atoms with Crippen LogP contribution in [-0.4, -0.2) is 66.1 Å². The smallest absolute Gasteiger partial charge is 0.296 e. The van der Waals surface area contributed by atoms with E-state index in [0.29, 0.717) is 13.1 Å². The Morgan fingerprint density at radius 3 is 2.68 bits per heavy atom. The molecule has 1 amide bonds. The van der Waals surface area contributed by atoms with E-state index < -0.39 is 44.4 Å². The van der Waals surface area contributed by atoms with Gasteiger partial charge >= 0.3 is 0 Å². The predicted octanol–water partition coefficient (Wildman–Crippen LogP) is -0.123. The van der Waals surface area contributed by atoms with Gasteiger partial charge in [-0.2, -0.15) is 4.31 Å². The third kappa shape index (κ3) is 4.56. The number of ether oxygens (including phenoxy) is 1. The minimum Gasteiger partial charge on any atom is -0.501 e. The van der Waals surface area contributed by atoms with E-state index in [-0.39, 0.29) is 49.1 Å². The molecule has 13 heteroatoms. The van der Waals surface area contributed by atoms with Crippen LogP contribution < -0.4 is 16.2 Å². The highest BCUT2D eigenvalue weighted by Gasteiger charge is 2.34. The molecule has 4 rings (SSSR count). The van der Waals surface area contributed by atoms with Crippen LogP contribution in [0.1, 0.15) is 35.7 Å². The van der Waals surface area contributed by atoms with Gasteiger partial charge in [-0.15, -0.1) is 0 Å². The van der Waals surface area contributed by atoms with E-state index >= 15 is 0 Å². The highest BCUT2D eigenvalue weighted by atomic mass is 32.2. The summed E-state index contributed by atoms with van der Waals surface area (Å²) in [4.78, 5) is 29.3. The van der Waals surface area contributed by atoms with Crippen LogP contribution in [-0.2, 0) is 33.5 Å². The number of sulfonamides is 1. The van der Waals surface area contributed by atoms with Crippen molar-refractivity contribution < 1.29 is 27.4 Å². The molecule has 0 radical (unpaired) electrons. The lowest BCUT2D eigenvalue weighted by molar-refractivity contribution is -0.0566. The van der Waals surface area contributed by atoms with Crippen molar-refractivity contribution in [2.45, 2.75) is 37.4 Å². The Morgan fingerprint density at radius 1 is 1.26 bits per heavy atom. The lowest BCUT2D eigenvalue weighted by atomic mass is 10.1. The molecular formula is C21H26FN5O6S. The van der Waals surface area contributed by atoms with Crippen LogP contribution in [0.2, 0.25) is 0 Å². The molecule has 0 aliphatic carbocycles. The molecule has 11 nitrogen and oxygen atoms in total. The fourth-order valence-electron chi connectivity index (χ4n) is 4.00. The lowest BCUT2D eigenvalue weighted by Crippen LogP contribution is -2.46. The summed E-state index contributed by atoms with van der Waals surface area (Å²) in [7, 11) is -3.90. The number of piperazine rings is 1. The minimum atomic E-state index is -3.90. The fraction of sp³-hybridized carbons (Fsp3) is 0.476. The number of hydrogen-bond acceptors (Lipinski definition) is 8. The van der Waals surface area contributed by atoms with Crippen molar-refractivity contribution in [3.63, 3.8) is 0 Å². The largest absolute Gasteiger partial charge is 0.501 e. The van der Waals surface area contributed by atoms with E-state index in [0.717, 1.165) is 12.1 Å². The van der Waals surface area contributed by atoms with Gasteiger partial charge < -0.3 is 20.5 Å². The molecule has 2 aromatic rings. The SMILES string of the molecule is CC1(C)OCCn2c1nc(C(=O)NCc1cc(F)cc(S(=O)(=O)N3CCNCC3)c1)c(O)c2=O. The molecule has 1 saturated heterocycles. The van der Waals surface area contributed by atoms with Crippen LogP contribution in [0.25, 0.3) is 0 Å². The second-order valence-electron chi connectivity index (χ2n) is 8.58. The maximum Gasteiger partial charge on any atom is 0.296 e. The van der Waals surface area contributed by atoms with E-state index in [9.17, 15) is 27.5 Å². The van der Waals surface area contributed by atoms with Crippen LogP contribution in [0.5, 0.6) is 5.75 Å². The van der Waals surface area contributed by atoms with Gasteiger partial charge in [0.25, 0.3) is 11.5 Å². The Morgan fingerprint density at radius 2 is 1.97 bits per heavy atom. The summed E-state index contributed by atoms with van der Waals surface area (Å²) in [5.41, 5.74) is -2.00. The van der Waals surface area contributed by atoms with Crippen LogP contribution in [0.4, 0.5) is 4.39 Å². The average Bonchev–Trinajstić information content (AvgIpc) is 2.80. The Bertz CT molecular complexity index is 1290. The van der Waals surface area contributed by atoms with Gasteiger partial charge in [-0.25, -0.2) is 17.8 Å². The van der Waals surface area contributed by atoms with E-state index in [2.05, 4.69) is 15.6 Å². The van der Waals surface area contributed by atoms with Crippen molar-refractivity contribution in [2.75, 3.05) is 32.8 Å². The highest BCUT2D eigenvalue weighted by molar-refractivity contribution is 7.89. The first kappa shape index (κ1) is 24.3. The molecule has 0 spiro atoms. The van der Waals surface area contributed by atoms with Crippen molar-refractivity contribution in [1.82, 2.24) is 24.5 Å². The van der Waals surface area contributed by atoms with E-state index in [4.69, 9.17) is 4.74 Å². The molecule has 2 aliphatic rings. The third-order valence-corrected chi connectivity index (χ3v) is 7.65. The molecule has 34 heavy (non-hydrogen) atoms. The van der Waals surface area contributed by atoms with Gasteiger partial charge in [-0.3, -0.25) is 14.2 Å². The van der Waals surface area contributed by atoms with Gasteiger partial charge in [0.05, 0.1) is 18.0 Å². The number of fused-ring (bicyclic) bond motifs is 1. The zero-order valence-corrected chi connectivity index (χ0v) is 19.6. The first-order chi connectivity index (χ1) is 16.0. The Balaban J connectivity index is 1.57. The number of nitrogens with zero attached hydrogens (tertiary/aromatic N) is 3. The summed E-state index contributed by atoms with van der Waals surface area (Å²) >= 11 is 0. The van der Waals surface area contributed by atoms with Crippen molar-refractivity contribution in [3.8, 4) is 5.75 Å². The number of aromatic nitrogens is 2. The Hall–Kier alpha value is -2.87. The molecule has 1 aromatic heterocycles. The summed E-state index contributed by atoms with van der Waals surface area (Å²) in [6, 6.07) is 3.32. The van der Waals surface area contributed by atoms with Crippen molar-refractivity contribution in [3.05, 3.63) is 51.5 Å². The molecule has 0 bridgehead atoms. The highest BCUT2D eigenvalue weighted by Crippen LogP contribution is 2.27. The van der Waals surface area contributed by atoms with Crippen molar-refractivity contribution in [2.24, 2.45) is 0 Å². The second kappa shape index (κ2) is 9.06. The molecule has 3 heterocycles. The summed E-state index contributed by atoms with van der Waals surface area (Å²) in [6.45, 7) is 5.10. The summed E-state index contributed by atoms with van der Waals surface area (Å²) in [5, 5.41) is 15.8. The first-order valence-electron chi connectivity index (χ1n) is 10.8. The first-order valence-corrected chi connectivity index (χ1v) is 12.2. The zero-order valence-electron chi connectivity index (χ0n) is 18.8. The molecule has 0 atom stereocenters. The van der Waals surface area contributed by atoms with Crippen molar-refractivity contribution in [1.29, 1.82) is 0 Å². The maximum atomic E-state index is 14.2. The van der Waals surface area contributed by atoms with Gasteiger partial charge in [-0.05, 0) is 37.6 Å². The third-order valence-electron chi connectivity index (χ3n) is 5.77.